The van der Waals surface area contributed by atoms with E-state index in [-0.39, 0.29) is 0 Å². The third-order valence-corrected chi connectivity index (χ3v) is 5.03. The van der Waals surface area contributed by atoms with Crippen molar-refractivity contribution >= 4 is 11.0 Å². The molecule has 0 aliphatic rings. The molecule has 0 amide bonds. The van der Waals surface area contributed by atoms with Crippen molar-refractivity contribution in [3.05, 3.63) is 72.3 Å². The summed E-state index contributed by atoms with van der Waals surface area (Å²) in [7, 11) is 1.65. The third-order valence-electron chi connectivity index (χ3n) is 5.03. The molecule has 2 atom stereocenters. The van der Waals surface area contributed by atoms with E-state index in [2.05, 4.69) is 11.6 Å². The maximum atomic E-state index is 10.9. The first-order valence-electron chi connectivity index (χ1n) is 10.8. The molecule has 7 heteroatoms. The van der Waals surface area contributed by atoms with Crippen molar-refractivity contribution in [1.82, 2.24) is 9.55 Å². The molecule has 0 spiro atoms. The SMILES string of the molecule is C=C(C)[C@@H](Oc1nc2ccccc2n1CCOCCOCCOC)[C@H](O)c1ccccc1. The molecular weight excluding hydrogens is 408 g/mol. The van der Waals surface area contributed by atoms with Crippen LogP contribution in [0.3, 0.4) is 0 Å². The Hall–Kier alpha value is -2.71. The molecule has 2 aromatic carbocycles. The summed E-state index contributed by atoms with van der Waals surface area (Å²) in [5, 5.41) is 10.9. The smallest absolute Gasteiger partial charge is 0.298 e. The number of benzene rings is 2. The summed E-state index contributed by atoms with van der Waals surface area (Å²) in [6.07, 6.45) is -1.49. The van der Waals surface area contributed by atoms with Gasteiger partial charge in [0.15, 0.2) is 6.10 Å². The second-order valence-electron chi connectivity index (χ2n) is 7.49. The average molecular weight is 441 g/mol. The number of aromatic nitrogens is 2. The number of methoxy groups -OCH3 is 1. The largest absolute Gasteiger partial charge is 0.454 e. The summed E-state index contributed by atoms with van der Waals surface area (Å²) in [5.74, 6) is 0. The summed E-state index contributed by atoms with van der Waals surface area (Å²) >= 11 is 0. The highest BCUT2D eigenvalue weighted by Gasteiger charge is 2.26. The van der Waals surface area contributed by atoms with E-state index in [4.69, 9.17) is 18.9 Å². The van der Waals surface area contributed by atoms with Gasteiger partial charge >= 0.3 is 0 Å². The number of hydrogen-bond donors (Lipinski definition) is 1. The first kappa shape index (κ1) is 23.9. The number of para-hydroxylation sites is 2. The van der Waals surface area contributed by atoms with Gasteiger partial charge in [0.2, 0.25) is 0 Å². The fourth-order valence-corrected chi connectivity index (χ4v) is 3.35. The molecule has 0 unspecified atom stereocenters. The van der Waals surface area contributed by atoms with Gasteiger partial charge in [0.25, 0.3) is 6.01 Å². The van der Waals surface area contributed by atoms with Gasteiger partial charge in [0, 0.05) is 7.11 Å². The lowest BCUT2D eigenvalue weighted by molar-refractivity contribution is 0.0214. The Kier molecular flexibility index (Phi) is 9.25. The first-order valence-corrected chi connectivity index (χ1v) is 10.8. The van der Waals surface area contributed by atoms with Crippen molar-refractivity contribution in [2.45, 2.75) is 25.7 Å². The van der Waals surface area contributed by atoms with Crippen molar-refractivity contribution in [3.8, 4) is 6.01 Å². The van der Waals surface area contributed by atoms with Crippen molar-refractivity contribution in [2.24, 2.45) is 0 Å². The summed E-state index contributed by atoms with van der Waals surface area (Å²) in [6.45, 7) is 9.03. The molecule has 172 valence electrons. The maximum absolute atomic E-state index is 10.9. The van der Waals surface area contributed by atoms with Gasteiger partial charge in [-0.3, -0.25) is 4.57 Å². The van der Waals surface area contributed by atoms with Crippen LogP contribution in [0.1, 0.15) is 18.6 Å². The maximum Gasteiger partial charge on any atom is 0.298 e. The van der Waals surface area contributed by atoms with Gasteiger partial charge in [0.1, 0.15) is 6.10 Å². The van der Waals surface area contributed by atoms with Crippen LogP contribution in [0.5, 0.6) is 6.01 Å². The van der Waals surface area contributed by atoms with Crippen LogP contribution >= 0.6 is 0 Å². The molecule has 7 nitrogen and oxygen atoms in total. The third kappa shape index (κ3) is 6.40. The van der Waals surface area contributed by atoms with Gasteiger partial charge in [-0.2, -0.15) is 4.98 Å². The molecule has 3 aromatic rings. The van der Waals surface area contributed by atoms with Gasteiger partial charge in [0.05, 0.1) is 50.6 Å². The van der Waals surface area contributed by atoms with Crippen LogP contribution in [0, 0.1) is 0 Å². The van der Waals surface area contributed by atoms with Gasteiger partial charge in [-0.15, -0.1) is 0 Å². The van der Waals surface area contributed by atoms with Crippen LogP contribution < -0.4 is 4.74 Å². The Balaban J connectivity index is 1.70. The number of aliphatic hydroxyl groups is 1. The van der Waals surface area contributed by atoms with E-state index >= 15 is 0 Å². The molecule has 0 bridgehead atoms. The van der Waals surface area contributed by atoms with E-state index in [1.54, 1.807) is 7.11 Å². The van der Waals surface area contributed by atoms with Crippen molar-refractivity contribution in [1.29, 1.82) is 0 Å². The molecule has 0 saturated heterocycles. The van der Waals surface area contributed by atoms with Gasteiger partial charge in [-0.25, -0.2) is 0 Å². The molecule has 1 N–H and O–H groups in total. The van der Waals surface area contributed by atoms with Gasteiger partial charge < -0.3 is 24.1 Å². The monoisotopic (exact) mass is 440 g/mol. The lowest BCUT2D eigenvalue weighted by Crippen LogP contribution is -2.28. The Labute approximate surface area is 189 Å². The Morgan fingerprint density at radius 2 is 1.62 bits per heavy atom. The second kappa shape index (κ2) is 12.4. The molecule has 0 radical (unpaired) electrons. The highest BCUT2D eigenvalue weighted by molar-refractivity contribution is 5.76. The molecular formula is C25H32N2O5. The van der Waals surface area contributed by atoms with E-state index in [1.165, 1.54) is 0 Å². The number of rotatable bonds is 14. The molecule has 0 saturated carbocycles. The van der Waals surface area contributed by atoms with Gasteiger partial charge in [-0.05, 0) is 30.2 Å². The minimum Gasteiger partial charge on any atom is -0.454 e. The normalized spacial score (nSPS) is 13.2. The first-order chi connectivity index (χ1) is 15.6. The molecule has 32 heavy (non-hydrogen) atoms. The molecule has 3 rings (SSSR count). The second-order valence-corrected chi connectivity index (χ2v) is 7.49. The van der Waals surface area contributed by atoms with Crippen LogP contribution in [0.4, 0.5) is 0 Å². The summed E-state index contributed by atoms with van der Waals surface area (Å²) < 4.78 is 24.3. The van der Waals surface area contributed by atoms with E-state index in [9.17, 15) is 5.11 Å². The molecule has 0 aliphatic heterocycles. The average Bonchev–Trinajstić information content (AvgIpc) is 3.16. The zero-order valence-electron chi connectivity index (χ0n) is 18.8. The fourth-order valence-electron chi connectivity index (χ4n) is 3.35. The molecule has 1 aromatic heterocycles. The predicted molar refractivity (Wildman–Crippen MR) is 124 cm³/mol. The summed E-state index contributed by atoms with van der Waals surface area (Å²) in [4.78, 5) is 4.65. The lowest BCUT2D eigenvalue weighted by Gasteiger charge is -2.24. The van der Waals surface area contributed by atoms with Crippen molar-refractivity contribution in [3.63, 3.8) is 0 Å². The van der Waals surface area contributed by atoms with E-state index in [1.807, 2.05) is 66.1 Å². The summed E-state index contributed by atoms with van der Waals surface area (Å²) in [6, 6.07) is 17.7. The van der Waals surface area contributed by atoms with Crippen LogP contribution in [-0.2, 0) is 20.8 Å². The summed E-state index contributed by atoms with van der Waals surface area (Å²) in [5.41, 5.74) is 3.24. The quantitative estimate of drug-likeness (QED) is 0.304. The topological polar surface area (TPSA) is 75.0 Å². The fraction of sp³-hybridized carbons (Fsp3) is 0.400. The van der Waals surface area contributed by atoms with E-state index in [0.29, 0.717) is 51.2 Å². The standard InChI is InChI=1S/C25H32N2O5/c1-19(2)24(23(28)20-9-5-4-6-10-20)32-25-26-21-11-7-8-12-22(21)27(25)13-14-30-17-18-31-16-15-29-3/h4-12,23-24,28H,1,13-18H2,2-3H3/t23-,24-/m1/s1. The van der Waals surface area contributed by atoms with Crippen LogP contribution in [0.2, 0.25) is 0 Å². The minimum atomic E-state index is -0.859. The lowest BCUT2D eigenvalue weighted by atomic mass is 10.00. The van der Waals surface area contributed by atoms with Crippen molar-refractivity contribution < 1.29 is 24.1 Å². The minimum absolute atomic E-state index is 0.425. The van der Waals surface area contributed by atoms with E-state index in [0.717, 1.165) is 16.6 Å². The number of hydrogen-bond acceptors (Lipinski definition) is 6. The van der Waals surface area contributed by atoms with Crippen LogP contribution in [0.25, 0.3) is 11.0 Å². The van der Waals surface area contributed by atoms with Crippen LogP contribution in [0.15, 0.2) is 66.7 Å². The Bertz CT molecular complexity index is 973. The Morgan fingerprint density at radius 3 is 2.34 bits per heavy atom. The number of imidazole rings is 1. The zero-order chi connectivity index (χ0) is 22.8. The zero-order valence-corrected chi connectivity index (χ0v) is 18.8. The highest BCUT2D eigenvalue weighted by Crippen LogP contribution is 2.28. The molecule has 0 aliphatic carbocycles. The van der Waals surface area contributed by atoms with Gasteiger partial charge in [-0.1, -0.05) is 49.0 Å². The molecule has 0 fully saturated rings. The number of ether oxygens (including phenoxy) is 4. The van der Waals surface area contributed by atoms with Crippen molar-refractivity contribution in [2.75, 3.05) is 40.1 Å². The number of fused-ring (bicyclic) bond motifs is 1. The number of aliphatic hydroxyl groups excluding tert-OH is 1. The predicted octanol–water partition coefficient (Wildman–Crippen LogP) is 3.77. The Morgan fingerprint density at radius 1 is 0.969 bits per heavy atom. The number of nitrogens with zero attached hydrogens (tertiary/aromatic N) is 2. The molecule has 1 heterocycles. The van der Waals surface area contributed by atoms with E-state index < -0.39 is 12.2 Å². The highest BCUT2D eigenvalue weighted by atomic mass is 16.5. The van der Waals surface area contributed by atoms with Crippen LogP contribution in [-0.4, -0.2) is 60.9 Å².